The van der Waals surface area contributed by atoms with Gasteiger partial charge in [0.1, 0.15) is 0 Å². The van der Waals surface area contributed by atoms with Crippen LogP contribution in [-0.4, -0.2) is 48.2 Å². The normalized spacial score (nSPS) is 17.6. The molecule has 1 saturated heterocycles. The monoisotopic (exact) mass is 489 g/mol. The van der Waals surface area contributed by atoms with Crippen molar-refractivity contribution in [3.63, 3.8) is 0 Å². The summed E-state index contributed by atoms with van der Waals surface area (Å²) < 4.78 is 33.0. The third kappa shape index (κ3) is 5.60. The van der Waals surface area contributed by atoms with Crippen molar-refractivity contribution in [2.45, 2.75) is 57.1 Å². The molecule has 2 aromatic rings. The first-order chi connectivity index (χ1) is 16.0. The maximum atomic E-state index is 13.2. The number of amides is 1. The van der Waals surface area contributed by atoms with E-state index in [-0.39, 0.29) is 22.2 Å². The third-order valence-corrected chi connectivity index (χ3v) is 7.79. The number of carbonyl (C=O) groups is 2. The number of piperidine rings is 1. The van der Waals surface area contributed by atoms with E-state index < -0.39 is 32.9 Å². The van der Waals surface area contributed by atoms with Crippen LogP contribution >= 0.6 is 0 Å². The summed E-state index contributed by atoms with van der Waals surface area (Å²) in [6, 6.07) is 9.38. The van der Waals surface area contributed by atoms with Crippen molar-refractivity contribution in [2.75, 3.05) is 11.9 Å². The number of sulfonamides is 1. The molecule has 0 aromatic heterocycles. The number of nitrogens with zero attached hydrogens (tertiary/aromatic N) is 2. The van der Waals surface area contributed by atoms with E-state index in [1.165, 1.54) is 47.6 Å². The Hall–Kier alpha value is -3.31. The zero-order valence-corrected chi connectivity index (χ0v) is 20.0. The van der Waals surface area contributed by atoms with E-state index in [0.717, 1.165) is 19.3 Å². The van der Waals surface area contributed by atoms with Gasteiger partial charge >= 0.3 is 5.97 Å². The molecule has 34 heavy (non-hydrogen) atoms. The van der Waals surface area contributed by atoms with E-state index in [4.69, 9.17) is 4.74 Å². The molecule has 2 aromatic carbocycles. The molecule has 3 rings (SSSR count). The van der Waals surface area contributed by atoms with Crippen molar-refractivity contribution in [3.05, 3.63) is 63.7 Å². The molecule has 11 heteroatoms. The van der Waals surface area contributed by atoms with Crippen molar-refractivity contribution < 1.29 is 27.7 Å². The fourth-order valence-electron chi connectivity index (χ4n) is 3.73. The molecule has 182 valence electrons. The highest BCUT2D eigenvalue weighted by molar-refractivity contribution is 7.89. The minimum absolute atomic E-state index is 0.00165. The van der Waals surface area contributed by atoms with Crippen LogP contribution in [0.25, 0.3) is 0 Å². The lowest BCUT2D eigenvalue weighted by Crippen LogP contribution is -2.42. The number of rotatable bonds is 7. The van der Waals surface area contributed by atoms with Crippen molar-refractivity contribution in [3.8, 4) is 0 Å². The lowest BCUT2D eigenvalue weighted by molar-refractivity contribution is -0.384. The zero-order chi connectivity index (χ0) is 25.0. The van der Waals surface area contributed by atoms with Gasteiger partial charge in [-0.3, -0.25) is 14.9 Å². The number of non-ortho nitro benzene ring substituents is 1. The average Bonchev–Trinajstić information content (AvgIpc) is 2.79. The van der Waals surface area contributed by atoms with Crippen LogP contribution in [0.15, 0.2) is 47.4 Å². The SMILES string of the molecule is Cc1ccc(S(=O)(=O)N2CCCCC2C)cc1C(=O)OC(C)C(=O)Nc1ccc([N+](=O)[O-])cc1. The molecule has 0 radical (unpaired) electrons. The van der Waals surface area contributed by atoms with Gasteiger partial charge in [0.15, 0.2) is 6.10 Å². The number of esters is 1. The van der Waals surface area contributed by atoms with Crippen LogP contribution in [0, 0.1) is 17.0 Å². The summed E-state index contributed by atoms with van der Waals surface area (Å²) >= 11 is 0. The number of anilines is 1. The second-order valence-corrected chi connectivity index (χ2v) is 10.2. The molecular weight excluding hydrogens is 462 g/mol. The highest BCUT2D eigenvalue weighted by Gasteiger charge is 2.32. The van der Waals surface area contributed by atoms with Gasteiger partial charge in [-0.05, 0) is 63.4 Å². The lowest BCUT2D eigenvalue weighted by atomic mass is 10.1. The second-order valence-electron chi connectivity index (χ2n) is 8.28. The molecule has 1 aliphatic rings. The molecule has 0 spiro atoms. The van der Waals surface area contributed by atoms with Crippen LogP contribution in [0.1, 0.15) is 49.0 Å². The maximum absolute atomic E-state index is 13.2. The summed E-state index contributed by atoms with van der Waals surface area (Å²) in [6.07, 6.45) is 1.34. The van der Waals surface area contributed by atoms with Crippen molar-refractivity contribution >= 4 is 33.3 Å². The van der Waals surface area contributed by atoms with Crippen molar-refractivity contribution in [1.82, 2.24) is 4.31 Å². The Balaban J connectivity index is 1.72. The highest BCUT2D eigenvalue weighted by Crippen LogP contribution is 2.27. The molecule has 0 aliphatic carbocycles. The summed E-state index contributed by atoms with van der Waals surface area (Å²) in [7, 11) is -3.78. The summed E-state index contributed by atoms with van der Waals surface area (Å²) in [5.74, 6) is -1.46. The van der Waals surface area contributed by atoms with Gasteiger partial charge in [-0.2, -0.15) is 4.31 Å². The highest BCUT2D eigenvalue weighted by atomic mass is 32.2. The number of hydrogen-bond donors (Lipinski definition) is 1. The predicted molar refractivity (Wildman–Crippen MR) is 125 cm³/mol. The number of nitro benzene ring substituents is 1. The molecule has 10 nitrogen and oxygen atoms in total. The number of nitrogens with one attached hydrogen (secondary N) is 1. The van der Waals surface area contributed by atoms with Crippen LogP contribution in [0.3, 0.4) is 0 Å². The number of carbonyl (C=O) groups excluding carboxylic acids is 2. The maximum Gasteiger partial charge on any atom is 0.339 e. The quantitative estimate of drug-likeness (QED) is 0.356. The average molecular weight is 490 g/mol. The largest absolute Gasteiger partial charge is 0.449 e. The van der Waals surface area contributed by atoms with Gasteiger partial charge in [-0.25, -0.2) is 13.2 Å². The van der Waals surface area contributed by atoms with Gasteiger partial charge in [-0.15, -0.1) is 0 Å². The summed E-state index contributed by atoms with van der Waals surface area (Å²) in [4.78, 5) is 35.4. The second kappa shape index (κ2) is 10.3. The van der Waals surface area contributed by atoms with Crippen LogP contribution in [-0.2, 0) is 19.6 Å². The summed E-state index contributed by atoms with van der Waals surface area (Å²) in [5, 5.41) is 13.3. The molecule has 2 atom stereocenters. The van der Waals surface area contributed by atoms with E-state index in [2.05, 4.69) is 5.32 Å². The number of ether oxygens (including phenoxy) is 1. The van der Waals surface area contributed by atoms with Crippen molar-refractivity contribution in [1.29, 1.82) is 0 Å². The summed E-state index contributed by atoms with van der Waals surface area (Å²) in [6.45, 7) is 5.32. The standard InChI is InChI=1S/C23H27N3O7S/c1-15-7-12-20(34(31,32)25-13-5-4-6-16(25)2)14-21(15)23(28)33-17(3)22(27)24-18-8-10-19(11-9-18)26(29)30/h7-12,14,16-17H,4-6,13H2,1-3H3,(H,24,27). The van der Waals surface area contributed by atoms with Crippen molar-refractivity contribution in [2.24, 2.45) is 0 Å². The van der Waals surface area contributed by atoms with E-state index in [1.807, 2.05) is 6.92 Å². The van der Waals surface area contributed by atoms with E-state index in [0.29, 0.717) is 17.8 Å². The van der Waals surface area contributed by atoms with Crippen LogP contribution in [0.5, 0.6) is 0 Å². The Kier molecular flexibility index (Phi) is 7.68. The first-order valence-electron chi connectivity index (χ1n) is 10.9. The smallest absolute Gasteiger partial charge is 0.339 e. The molecule has 1 amide bonds. The Morgan fingerprint density at radius 1 is 1.18 bits per heavy atom. The molecule has 1 N–H and O–H groups in total. The van der Waals surface area contributed by atoms with Crippen LogP contribution < -0.4 is 5.32 Å². The third-order valence-electron chi connectivity index (χ3n) is 5.78. The number of benzene rings is 2. The minimum atomic E-state index is -3.78. The molecule has 0 saturated carbocycles. The fourth-order valence-corrected chi connectivity index (χ4v) is 5.46. The van der Waals surface area contributed by atoms with Gasteiger partial charge in [0.05, 0.1) is 15.4 Å². The Bertz CT molecular complexity index is 1200. The fraction of sp³-hybridized carbons (Fsp3) is 0.391. The Labute approximate surface area is 198 Å². The van der Waals surface area contributed by atoms with Gasteiger partial charge in [0.25, 0.3) is 11.6 Å². The van der Waals surface area contributed by atoms with Gasteiger partial charge in [-0.1, -0.05) is 12.5 Å². The minimum Gasteiger partial charge on any atom is -0.449 e. The number of aryl methyl sites for hydroxylation is 1. The van der Waals surface area contributed by atoms with Gasteiger partial charge in [0.2, 0.25) is 10.0 Å². The molecule has 1 fully saturated rings. The molecule has 2 unspecified atom stereocenters. The van der Waals surface area contributed by atoms with Crippen LogP contribution in [0.4, 0.5) is 11.4 Å². The first kappa shape index (κ1) is 25.3. The van der Waals surface area contributed by atoms with Gasteiger partial charge < -0.3 is 10.1 Å². The van der Waals surface area contributed by atoms with E-state index in [1.54, 1.807) is 13.0 Å². The summed E-state index contributed by atoms with van der Waals surface area (Å²) in [5.41, 5.74) is 0.750. The van der Waals surface area contributed by atoms with Crippen LogP contribution in [0.2, 0.25) is 0 Å². The first-order valence-corrected chi connectivity index (χ1v) is 12.3. The lowest BCUT2D eigenvalue weighted by Gasteiger charge is -2.32. The van der Waals surface area contributed by atoms with E-state index in [9.17, 15) is 28.1 Å². The molecule has 1 heterocycles. The predicted octanol–water partition coefficient (Wildman–Crippen LogP) is 3.65. The van der Waals surface area contributed by atoms with E-state index >= 15 is 0 Å². The molecule has 1 aliphatic heterocycles. The number of nitro groups is 1. The Morgan fingerprint density at radius 2 is 1.85 bits per heavy atom. The molecule has 0 bridgehead atoms. The topological polar surface area (TPSA) is 136 Å². The Morgan fingerprint density at radius 3 is 2.47 bits per heavy atom. The molecular formula is C23H27N3O7S. The zero-order valence-electron chi connectivity index (χ0n) is 19.2. The number of hydrogen-bond acceptors (Lipinski definition) is 7. The van der Waals surface area contributed by atoms with Gasteiger partial charge in [0, 0.05) is 30.4 Å².